The van der Waals surface area contributed by atoms with Crippen molar-refractivity contribution in [1.82, 2.24) is 25.1 Å². The summed E-state index contributed by atoms with van der Waals surface area (Å²) in [4.78, 5) is 8.94. The lowest BCUT2D eigenvalue weighted by Gasteiger charge is -2.09. The van der Waals surface area contributed by atoms with Gasteiger partial charge in [-0.3, -0.25) is 4.98 Å². The Morgan fingerprint density at radius 3 is 2.53 bits per heavy atom. The van der Waals surface area contributed by atoms with E-state index < -0.39 is 0 Å². The molecule has 0 fully saturated rings. The Labute approximate surface area is 114 Å². The van der Waals surface area contributed by atoms with Crippen LogP contribution in [0.15, 0.2) is 18.2 Å². The van der Waals surface area contributed by atoms with Crippen molar-refractivity contribution < 1.29 is 0 Å². The largest absolute Gasteiger partial charge is 0.309 e. The summed E-state index contributed by atoms with van der Waals surface area (Å²) in [5, 5.41) is 7.73. The average Bonchev–Trinajstić information content (AvgIpc) is 2.66. The summed E-state index contributed by atoms with van der Waals surface area (Å²) in [5.74, 6) is 1.72. The minimum atomic E-state index is 0.464. The van der Waals surface area contributed by atoms with Crippen molar-refractivity contribution in [2.75, 3.05) is 0 Å². The van der Waals surface area contributed by atoms with E-state index >= 15 is 0 Å². The van der Waals surface area contributed by atoms with Crippen molar-refractivity contribution in [1.29, 1.82) is 0 Å². The van der Waals surface area contributed by atoms with Crippen molar-refractivity contribution in [2.24, 2.45) is 0 Å². The van der Waals surface area contributed by atoms with E-state index in [0.717, 1.165) is 29.6 Å². The molecule has 19 heavy (non-hydrogen) atoms. The van der Waals surface area contributed by atoms with Gasteiger partial charge in [-0.05, 0) is 26.0 Å². The van der Waals surface area contributed by atoms with Gasteiger partial charge in [0.25, 0.3) is 0 Å². The fourth-order valence-corrected chi connectivity index (χ4v) is 1.89. The predicted octanol–water partition coefficient (Wildman–Crippen LogP) is 1.84. The third-order valence-corrected chi connectivity index (χ3v) is 2.83. The zero-order valence-electron chi connectivity index (χ0n) is 12.0. The number of nitrogens with zero attached hydrogens (tertiary/aromatic N) is 4. The summed E-state index contributed by atoms with van der Waals surface area (Å²) in [5.41, 5.74) is 2.07. The maximum absolute atomic E-state index is 4.64. The van der Waals surface area contributed by atoms with Crippen LogP contribution in [0.4, 0.5) is 0 Å². The third-order valence-electron chi connectivity index (χ3n) is 2.83. The summed E-state index contributed by atoms with van der Waals surface area (Å²) in [6, 6.07) is 6.57. The summed E-state index contributed by atoms with van der Waals surface area (Å²) >= 11 is 0. The Hall–Kier alpha value is -1.75. The van der Waals surface area contributed by atoms with Gasteiger partial charge in [0.05, 0.1) is 17.9 Å². The molecule has 0 aromatic carbocycles. The van der Waals surface area contributed by atoms with E-state index in [1.54, 1.807) is 0 Å². The molecule has 0 bridgehead atoms. The van der Waals surface area contributed by atoms with Crippen molar-refractivity contribution >= 4 is 0 Å². The molecule has 2 aromatic heterocycles. The van der Waals surface area contributed by atoms with Gasteiger partial charge in [-0.2, -0.15) is 5.10 Å². The first-order valence-electron chi connectivity index (χ1n) is 6.61. The minimum absolute atomic E-state index is 0.464. The lowest BCUT2D eigenvalue weighted by atomic mass is 10.3. The van der Waals surface area contributed by atoms with Crippen LogP contribution >= 0.6 is 0 Å². The molecule has 0 amide bonds. The van der Waals surface area contributed by atoms with E-state index in [1.807, 2.05) is 36.7 Å². The summed E-state index contributed by atoms with van der Waals surface area (Å²) in [7, 11) is 0. The van der Waals surface area contributed by atoms with Crippen molar-refractivity contribution in [2.45, 2.75) is 46.8 Å². The van der Waals surface area contributed by atoms with Gasteiger partial charge in [0.15, 0.2) is 0 Å². The van der Waals surface area contributed by atoms with Crippen LogP contribution in [0, 0.1) is 13.8 Å². The molecule has 102 valence electrons. The van der Waals surface area contributed by atoms with Crippen LogP contribution in [0.3, 0.4) is 0 Å². The van der Waals surface area contributed by atoms with Gasteiger partial charge >= 0.3 is 0 Å². The van der Waals surface area contributed by atoms with Crippen LogP contribution in [0.2, 0.25) is 0 Å². The number of aromatic nitrogens is 4. The highest BCUT2D eigenvalue weighted by Crippen LogP contribution is 2.04. The van der Waals surface area contributed by atoms with Gasteiger partial charge in [0, 0.05) is 12.6 Å². The molecule has 5 nitrogen and oxygen atoms in total. The number of nitrogens with one attached hydrogen (secondary N) is 1. The lowest BCUT2D eigenvalue weighted by molar-refractivity contribution is 0.577. The fraction of sp³-hybridized carbons (Fsp3) is 0.500. The molecule has 0 aliphatic carbocycles. The number of aryl methyl sites for hydroxylation is 2. The standard InChI is InChI=1S/C14H21N5/c1-10(2)15-8-13-6-5-7-14(17-13)9-19-12(4)16-11(3)18-19/h5-7,10,15H,8-9H2,1-4H3. The first-order chi connectivity index (χ1) is 9.04. The van der Waals surface area contributed by atoms with Gasteiger partial charge in [-0.25, -0.2) is 9.67 Å². The van der Waals surface area contributed by atoms with Crippen molar-refractivity contribution in [3.8, 4) is 0 Å². The van der Waals surface area contributed by atoms with Gasteiger partial charge in [-0.15, -0.1) is 0 Å². The summed E-state index contributed by atoms with van der Waals surface area (Å²) in [6.07, 6.45) is 0. The molecule has 2 heterocycles. The normalized spacial score (nSPS) is 11.2. The molecule has 1 N–H and O–H groups in total. The Bertz CT molecular complexity index is 545. The molecule has 0 aliphatic rings. The fourth-order valence-electron chi connectivity index (χ4n) is 1.89. The van der Waals surface area contributed by atoms with Crippen molar-refractivity contribution in [3.63, 3.8) is 0 Å². The number of rotatable bonds is 5. The first-order valence-corrected chi connectivity index (χ1v) is 6.61. The molecule has 0 aliphatic heterocycles. The molecular weight excluding hydrogens is 238 g/mol. The monoisotopic (exact) mass is 259 g/mol. The van der Waals surface area contributed by atoms with Crippen LogP contribution < -0.4 is 5.32 Å². The summed E-state index contributed by atoms with van der Waals surface area (Å²) in [6.45, 7) is 9.59. The predicted molar refractivity (Wildman–Crippen MR) is 74.8 cm³/mol. The molecule has 0 radical (unpaired) electrons. The van der Waals surface area contributed by atoms with Crippen molar-refractivity contribution in [3.05, 3.63) is 41.2 Å². The number of hydrogen-bond donors (Lipinski definition) is 1. The zero-order chi connectivity index (χ0) is 13.8. The molecular formula is C14H21N5. The van der Waals surface area contributed by atoms with E-state index in [4.69, 9.17) is 0 Å². The van der Waals surface area contributed by atoms with Gasteiger partial charge in [0.1, 0.15) is 11.6 Å². The van der Waals surface area contributed by atoms with Crippen LogP contribution in [0.5, 0.6) is 0 Å². The van der Waals surface area contributed by atoms with E-state index in [2.05, 4.69) is 34.2 Å². The van der Waals surface area contributed by atoms with Gasteiger partial charge < -0.3 is 5.32 Å². The third kappa shape index (κ3) is 3.86. The molecule has 0 atom stereocenters. The van der Waals surface area contributed by atoms with E-state index in [1.165, 1.54) is 0 Å². The first kappa shape index (κ1) is 13.7. The van der Waals surface area contributed by atoms with Crippen LogP contribution in [0.1, 0.15) is 36.9 Å². The molecule has 2 rings (SSSR count). The van der Waals surface area contributed by atoms with E-state index in [-0.39, 0.29) is 0 Å². The molecule has 2 aromatic rings. The lowest BCUT2D eigenvalue weighted by Crippen LogP contribution is -2.22. The quantitative estimate of drug-likeness (QED) is 0.890. The highest BCUT2D eigenvalue weighted by molar-refractivity contribution is 5.12. The maximum atomic E-state index is 4.64. The second-order valence-corrected chi connectivity index (χ2v) is 5.02. The Morgan fingerprint density at radius 2 is 1.89 bits per heavy atom. The minimum Gasteiger partial charge on any atom is -0.309 e. The maximum Gasteiger partial charge on any atom is 0.147 e. The highest BCUT2D eigenvalue weighted by Gasteiger charge is 2.05. The van der Waals surface area contributed by atoms with E-state index in [9.17, 15) is 0 Å². The molecule has 0 unspecified atom stereocenters. The van der Waals surface area contributed by atoms with Gasteiger partial charge in [0.2, 0.25) is 0 Å². The Kier molecular flexibility index (Phi) is 4.27. The topological polar surface area (TPSA) is 55.6 Å². The number of hydrogen-bond acceptors (Lipinski definition) is 4. The molecule has 0 spiro atoms. The summed E-state index contributed by atoms with van der Waals surface area (Å²) < 4.78 is 1.89. The molecule has 0 saturated carbocycles. The zero-order valence-corrected chi connectivity index (χ0v) is 12.0. The number of pyridine rings is 1. The second kappa shape index (κ2) is 5.93. The second-order valence-electron chi connectivity index (χ2n) is 5.02. The molecule has 5 heteroatoms. The highest BCUT2D eigenvalue weighted by atomic mass is 15.3. The average molecular weight is 259 g/mol. The smallest absolute Gasteiger partial charge is 0.147 e. The van der Waals surface area contributed by atoms with E-state index in [0.29, 0.717) is 12.6 Å². The Balaban J connectivity index is 2.08. The van der Waals surface area contributed by atoms with Crippen LogP contribution in [-0.2, 0) is 13.1 Å². The van der Waals surface area contributed by atoms with Crippen LogP contribution in [-0.4, -0.2) is 25.8 Å². The molecule has 0 saturated heterocycles. The van der Waals surface area contributed by atoms with Crippen LogP contribution in [0.25, 0.3) is 0 Å². The van der Waals surface area contributed by atoms with Gasteiger partial charge in [-0.1, -0.05) is 19.9 Å². The Morgan fingerprint density at radius 1 is 1.16 bits per heavy atom. The SMILES string of the molecule is Cc1nc(C)n(Cc2cccc(CNC(C)C)n2)n1.